The van der Waals surface area contributed by atoms with Gasteiger partial charge in [-0.3, -0.25) is 33.6 Å². The molecule has 264 valence electrons. The Bertz CT molecular complexity index is 1200. The molecule has 0 unspecified atom stereocenters. The van der Waals surface area contributed by atoms with Crippen LogP contribution in [0.1, 0.15) is 48.5 Å². The Morgan fingerprint density at radius 2 is 0.809 bits per heavy atom. The Labute approximate surface area is 267 Å². The molecule has 10 atom stereocenters. The van der Waals surface area contributed by atoms with Gasteiger partial charge in [-0.2, -0.15) is 0 Å². The van der Waals surface area contributed by atoms with Crippen molar-refractivity contribution >= 4 is 47.9 Å². The lowest BCUT2D eigenvalue weighted by Crippen LogP contribution is -2.67. The van der Waals surface area contributed by atoms with Gasteiger partial charge in [-0.15, -0.1) is 0 Å². The molecule has 2 rings (SSSR count). The SMILES string of the molecule is CC(=O)OC[C@@H]1O[C@H](OC(C)=O)[C@@H](O[C@H]2O[C@H](COC(C)=O)[C@@H](OC(C)=O)[C@@H](OC(N)=O)[C@@H]2OC(C)=O)[C@@H](OC(C)=O)[C@@H]1OC(C)=O. The Morgan fingerprint density at radius 1 is 0.447 bits per heavy atom. The predicted octanol–water partition coefficient (Wildman–Crippen LogP) is -1.30. The largest absolute Gasteiger partial charge is 0.463 e. The Hall–Kier alpha value is -4.56. The number of esters is 7. The zero-order valence-electron chi connectivity index (χ0n) is 26.5. The number of hydrogen-bond donors (Lipinski definition) is 1. The van der Waals surface area contributed by atoms with E-state index in [1.54, 1.807) is 0 Å². The topological polar surface area (TPSA) is 264 Å². The molecule has 2 saturated heterocycles. The number of nitrogens with two attached hydrogens (primary N) is 1. The molecule has 2 fully saturated rings. The van der Waals surface area contributed by atoms with Gasteiger partial charge in [0.15, 0.2) is 42.9 Å². The molecule has 2 aliphatic heterocycles. The molecule has 0 aromatic rings. The highest BCUT2D eigenvalue weighted by Gasteiger charge is 2.58. The molecule has 0 spiro atoms. The van der Waals surface area contributed by atoms with Crippen LogP contribution in [0.4, 0.5) is 4.79 Å². The van der Waals surface area contributed by atoms with Gasteiger partial charge in [0.25, 0.3) is 0 Å². The van der Waals surface area contributed by atoms with Crippen LogP contribution in [0, 0.1) is 0 Å². The minimum absolute atomic E-state index is 0.575. The highest BCUT2D eigenvalue weighted by molar-refractivity contribution is 5.69. The number of carbonyl (C=O) groups is 8. The third-order valence-corrected chi connectivity index (χ3v) is 6.12. The second-order valence-corrected chi connectivity index (χ2v) is 10.1. The van der Waals surface area contributed by atoms with Crippen LogP contribution in [0.15, 0.2) is 0 Å². The van der Waals surface area contributed by atoms with E-state index in [9.17, 15) is 38.4 Å². The number of carbonyl (C=O) groups excluding carboxylic acids is 8. The lowest BCUT2D eigenvalue weighted by molar-refractivity contribution is -0.363. The van der Waals surface area contributed by atoms with Crippen molar-refractivity contribution < 1.29 is 90.5 Å². The van der Waals surface area contributed by atoms with Gasteiger partial charge >= 0.3 is 47.9 Å². The summed E-state index contributed by atoms with van der Waals surface area (Å²) in [5, 5.41) is 0. The van der Waals surface area contributed by atoms with E-state index in [0.29, 0.717) is 0 Å². The number of amides is 1. The van der Waals surface area contributed by atoms with Gasteiger partial charge in [0.1, 0.15) is 25.4 Å². The first kappa shape index (κ1) is 38.6. The molecule has 0 aromatic carbocycles. The fraction of sp³-hybridized carbons (Fsp3) is 0.704. The normalized spacial score (nSPS) is 30.0. The zero-order valence-corrected chi connectivity index (χ0v) is 26.5. The maximum absolute atomic E-state index is 12.3. The van der Waals surface area contributed by atoms with Crippen molar-refractivity contribution in [2.75, 3.05) is 13.2 Å². The monoisotopic (exact) mass is 679 g/mol. The van der Waals surface area contributed by atoms with E-state index in [4.69, 9.17) is 57.8 Å². The van der Waals surface area contributed by atoms with Crippen molar-refractivity contribution in [3.05, 3.63) is 0 Å². The Kier molecular flexibility index (Phi) is 14.3. The molecule has 47 heavy (non-hydrogen) atoms. The molecule has 0 aromatic heterocycles. The van der Waals surface area contributed by atoms with Gasteiger partial charge in [-0.25, -0.2) is 4.79 Å². The molecule has 2 N–H and O–H groups in total. The van der Waals surface area contributed by atoms with Gasteiger partial charge in [-0.05, 0) is 0 Å². The van der Waals surface area contributed by atoms with Crippen molar-refractivity contribution in [2.45, 2.75) is 110 Å². The van der Waals surface area contributed by atoms with Gasteiger partial charge in [-0.1, -0.05) is 0 Å². The molecular formula is C27H37NO19. The van der Waals surface area contributed by atoms with E-state index in [1.807, 2.05) is 0 Å². The quantitative estimate of drug-likeness (QED) is 0.185. The summed E-state index contributed by atoms with van der Waals surface area (Å²) in [4.78, 5) is 96.0. The Balaban J connectivity index is 2.72. The average molecular weight is 680 g/mol. The summed E-state index contributed by atoms with van der Waals surface area (Å²) in [5.41, 5.74) is 5.26. The third-order valence-electron chi connectivity index (χ3n) is 6.12. The summed E-state index contributed by atoms with van der Waals surface area (Å²) in [5.74, 6) is -6.26. The molecule has 1 amide bonds. The molecule has 2 heterocycles. The van der Waals surface area contributed by atoms with Crippen LogP contribution in [-0.2, 0) is 85.7 Å². The lowest BCUT2D eigenvalue weighted by Gasteiger charge is -2.48. The predicted molar refractivity (Wildman–Crippen MR) is 144 cm³/mol. The smallest absolute Gasteiger partial charge is 0.405 e. The highest BCUT2D eigenvalue weighted by atomic mass is 16.8. The first-order valence-electron chi connectivity index (χ1n) is 13.9. The minimum atomic E-state index is -1.91. The summed E-state index contributed by atoms with van der Waals surface area (Å²) in [6.45, 7) is 5.90. The average Bonchev–Trinajstić information content (AvgIpc) is 2.91. The van der Waals surface area contributed by atoms with Crippen LogP contribution in [0.3, 0.4) is 0 Å². The van der Waals surface area contributed by atoms with Crippen molar-refractivity contribution in [2.24, 2.45) is 5.73 Å². The fourth-order valence-corrected chi connectivity index (χ4v) is 4.67. The van der Waals surface area contributed by atoms with Crippen molar-refractivity contribution in [1.29, 1.82) is 0 Å². The van der Waals surface area contributed by atoms with Crippen LogP contribution >= 0.6 is 0 Å². The van der Waals surface area contributed by atoms with Gasteiger partial charge < -0.3 is 57.8 Å². The van der Waals surface area contributed by atoms with Crippen LogP contribution in [0.25, 0.3) is 0 Å². The number of hydrogen-bond acceptors (Lipinski definition) is 19. The number of rotatable bonds is 12. The molecular weight excluding hydrogens is 642 g/mol. The summed E-state index contributed by atoms with van der Waals surface area (Å²) < 4.78 is 59.6. The van der Waals surface area contributed by atoms with Crippen molar-refractivity contribution in [1.82, 2.24) is 0 Å². The number of ether oxygens (including phenoxy) is 11. The van der Waals surface area contributed by atoms with Crippen molar-refractivity contribution in [3.8, 4) is 0 Å². The molecule has 0 bridgehead atoms. The molecule has 0 aliphatic carbocycles. The van der Waals surface area contributed by atoms with Gasteiger partial charge in [0.05, 0.1) is 0 Å². The second kappa shape index (κ2) is 17.4. The fourth-order valence-electron chi connectivity index (χ4n) is 4.67. The molecule has 20 heteroatoms. The molecule has 0 radical (unpaired) electrons. The summed E-state index contributed by atoms with van der Waals surface area (Å²) in [6, 6.07) is 0. The van der Waals surface area contributed by atoms with E-state index in [2.05, 4.69) is 0 Å². The number of primary amides is 1. The zero-order chi connectivity index (χ0) is 35.6. The highest BCUT2D eigenvalue weighted by Crippen LogP contribution is 2.35. The van der Waals surface area contributed by atoms with E-state index >= 15 is 0 Å². The van der Waals surface area contributed by atoms with E-state index in [-0.39, 0.29) is 0 Å². The maximum Gasteiger partial charge on any atom is 0.405 e. The van der Waals surface area contributed by atoms with Crippen LogP contribution < -0.4 is 5.73 Å². The minimum Gasteiger partial charge on any atom is -0.463 e. The summed E-state index contributed by atoms with van der Waals surface area (Å²) in [6.07, 6.45) is -18.3. The van der Waals surface area contributed by atoms with Gasteiger partial charge in [0.2, 0.25) is 6.29 Å². The lowest BCUT2D eigenvalue weighted by atomic mass is 9.96. The molecule has 2 aliphatic rings. The third kappa shape index (κ3) is 12.0. The van der Waals surface area contributed by atoms with Crippen LogP contribution in [0.5, 0.6) is 0 Å². The second-order valence-electron chi connectivity index (χ2n) is 10.1. The van der Waals surface area contributed by atoms with Crippen LogP contribution in [0.2, 0.25) is 0 Å². The summed E-state index contributed by atoms with van der Waals surface area (Å²) in [7, 11) is 0. The Morgan fingerprint density at radius 3 is 1.19 bits per heavy atom. The van der Waals surface area contributed by atoms with E-state index < -0.39 is 123 Å². The van der Waals surface area contributed by atoms with E-state index in [1.165, 1.54) is 0 Å². The first-order valence-corrected chi connectivity index (χ1v) is 13.9. The van der Waals surface area contributed by atoms with Crippen molar-refractivity contribution in [3.63, 3.8) is 0 Å². The standard InChI is InChI=1S/C27H37NO19/c1-10(29)37-8-17-19(39-12(3)31)21(41-14(5)33)24(25(44-17)43-16(7)35)46-26-23(42-15(6)34)22(47-27(28)36)20(40-13(4)32)18(45-26)9-38-11(2)30/h17-26H,8-9H2,1-7H3,(H2,28,36)/t17-,18+,19+,20+,21-,22+,23-,24-,25-,26+/m0/s1. The summed E-state index contributed by atoms with van der Waals surface area (Å²) >= 11 is 0. The molecule has 20 nitrogen and oxygen atoms in total. The van der Waals surface area contributed by atoms with E-state index in [0.717, 1.165) is 48.5 Å². The van der Waals surface area contributed by atoms with Gasteiger partial charge in [0, 0.05) is 48.5 Å². The maximum atomic E-state index is 12.3. The molecule has 0 saturated carbocycles. The first-order chi connectivity index (χ1) is 21.9. The van der Waals surface area contributed by atoms with Crippen LogP contribution in [-0.4, -0.2) is 123 Å².